The standard InChI is InChI=1S/C14H21NO4/c1-18-14(17)13-11(6-7-19-13)9-15-8-10-2-4-12(16)5-3-10/h6-7,10,12,15-16H,2-5,8-9H2,1H3. The third-order valence-electron chi connectivity index (χ3n) is 3.68. The van der Waals surface area contributed by atoms with E-state index in [0.717, 1.165) is 37.8 Å². The Morgan fingerprint density at radius 2 is 2.21 bits per heavy atom. The number of hydrogen-bond donors (Lipinski definition) is 2. The summed E-state index contributed by atoms with van der Waals surface area (Å²) >= 11 is 0. The Bertz CT molecular complexity index is 407. The molecular formula is C14H21NO4. The van der Waals surface area contributed by atoms with Crippen LogP contribution in [0.5, 0.6) is 0 Å². The van der Waals surface area contributed by atoms with Gasteiger partial charge in [0.25, 0.3) is 0 Å². The van der Waals surface area contributed by atoms with Gasteiger partial charge in [-0.05, 0) is 44.2 Å². The SMILES string of the molecule is COC(=O)c1occc1CNCC1CCC(O)CC1. The highest BCUT2D eigenvalue weighted by molar-refractivity contribution is 5.87. The molecule has 0 aromatic carbocycles. The van der Waals surface area contributed by atoms with Crippen molar-refractivity contribution in [2.24, 2.45) is 5.92 Å². The van der Waals surface area contributed by atoms with Crippen molar-refractivity contribution >= 4 is 5.97 Å². The van der Waals surface area contributed by atoms with E-state index in [1.165, 1.54) is 13.4 Å². The van der Waals surface area contributed by atoms with Crippen LogP contribution in [0.4, 0.5) is 0 Å². The smallest absolute Gasteiger partial charge is 0.374 e. The lowest BCUT2D eigenvalue weighted by Crippen LogP contribution is -2.28. The second-order valence-corrected chi connectivity index (χ2v) is 5.07. The molecule has 0 spiro atoms. The molecule has 1 fully saturated rings. The second kappa shape index (κ2) is 6.73. The zero-order valence-electron chi connectivity index (χ0n) is 11.2. The highest BCUT2D eigenvalue weighted by Crippen LogP contribution is 2.23. The Morgan fingerprint density at radius 1 is 1.47 bits per heavy atom. The van der Waals surface area contributed by atoms with Crippen LogP contribution in [-0.2, 0) is 11.3 Å². The molecule has 0 aliphatic heterocycles. The monoisotopic (exact) mass is 267 g/mol. The van der Waals surface area contributed by atoms with Crippen LogP contribution in [0.1, 0.15) is 41.8 Å². The van der Waals surface area contributed by atoms with Crippen LogP contribution in [-0.4, -0.2) is 30.8 Å². The van der Waals surface area contributed by atoms with Crippen LogP contribution in [0.25, 0.3) is 0 Å². The molecule has 1 aliphatic carbocycles. The van der Waals surface area contributed by atoms with E-state index in [1.54, 1.807) is 6.07 Å². The summed E-state index contributed by atoms with van der Waals surface area (Å²) in [5, 5.41) is 12.8. The Hall–Kier alpha value is -1.33. The number of methoxy groups -OCH3 is 1. The molecule has 1 saturated carbocycles. The first-order chi connectivity index (χ1) is 9.20. The van der Waals surface area contributed by atoms with Gasteiger partial charge in [0.15, 0.2) is 0 Å². The lowest BCUT2D eigenvalue weighted by Gasteiger charge is -2.25. The minimum Gasteiger partial charge on any atom is -0.463 e. The quantitative estimate of drug-likeness (QED) is 0.795. The first-order valence-electron chi connectivity index (χ1n) is 6.74. The molecule has 2 rings (SSSR count). The zero-order chi connectivity index (χ0) is 13.7. The number of carbonyl (C=O) groups is 1. The molecule has 2 N–H and O–H groups in total. The van der Waals surface area contributed by atoms with Crippen molar-refractivity contribution < 1.29 is 19.1 Å². The maximum atomic E-state index is 11.4. The van der Waals surface area contributed by atoms with Gasteiger partial charge in [0.2, 0.25) is 5.76 Å². The summed E-state index contributed by atoms with van der Waals surface area (Å²) in [6.07, 6.45) is 5.29. The van der Waals surface area contributed by atoms with Crippen LogP contribution >= 0.6 is 0 Å². The third kappa shape index (κ3) is 3.81. The van der Waals surface area contributed by atoms with Crippen LogP contribution in [0.15, 0.2) is 16.7 Å². The summed E-state index contributed by atoms with van der Waals surface area (Å²) in [5.41, 5.74) is 0.822. The van der Waals surface area contributed by atoms with Crippen LogP contribution < -0.4 is 5.32 Å². The highest BCUT2D eigenvalue weighted by atomic mass is 16.5. The third-order valence-corrected chi connectivity index (χ3v) is 3.68. The van der Waals surface area contributed by atoms with Crippen molar-refractivity contribution in [3.8, 4) is 0 Å². The number of aliphatic hydroxyl groups is 1. The van der Waals surface area contributed by atoms with Gasteiger partial charge < -0.3 is 19.6 Å². The summed E-state index contributed by atoms with van der Waals surface area (Å²) in [4.78, 5) is 11.4. The normalized spacial score (nSPS) is 23.3. The maximum absolute atomic E-state index is 11.4. The van der Waals surface area contributed by atoms with Crippen molar-refractivity contribution in [1.29, 1.82) is 0 Å². The predicted molar refractivity (Wildman–Crippen MR) is 69.7 cm³/mol. The van der Waals surface area contributed by atoms with Crippen LogP contribution in [0.2, 0.25) is 0 Å². The minimum atomic E-state index is -0.442. The molecule has 106 valence electrons. The fourth-order valence-corrected chi connectivity index (χ4v) is 2.51. The Morgan fingerprint density at radius 3 is 2.89 bits per heavy atom. The number of nitrogens with one attached hydrogen (secondary N) is 1. The summed E-state index contributed by atoms with van der Waals surface area (Å²) in [5.74, 6) is 0.438. The van der Waals surface area contributed by atoms with Gasteiger partial charge in [0.1, 0.15) is 0 Å². The van der Waals surface area contributed by atoms with Crippen molar-refractivity contribution in [3.63, 3.8) is 0 Å². The van der Waals surface area contributed by atoms with E-state index in [2.05, 4.69) is 10.1 Å². The van der Waals surface area contributed by atoms with Gasteiger partial charge in [-0.25, -0.2) is 4.79 Å². The molecule has 1 aromatic heterocycles. The molecule has 0 unspecified atom stereocenters. The van der Waals surface area contributed by atoms with Crippen LogP contribution in [0.3, 0.4) is 0 Å². The topological polar surface area (TPSA) is 71.7 Å². The number of rotatable bonds is 5. The Kier molecular flexibility index (Phi) is 4.99. The molecule has 0 amide bonds. The number of hydrogen-bond acceptors (Lipinski definition) is 5. The number of aliphatic hydroxyl groups excluding tert-OH is 1. The molecule has 19 heavy (non-hydrogen) atoms. The van der Waals surface area contributed by atoms with Crippen molar-refractivity contribution in [2.45, 2.75) is 38.3 Å². The lowest BCUT2D eigenvalue weighted by atomic mass is 9.87. The molecule has 0 atom stereocenters. The van der Waals surface area contributed by atoms with Crippen molar-refractivity contribution in [1.82, 2.24) is 5.32 Å². The Balaban J connectivity index is 1.77. The zero-order valence-corrected chi connectivity index (χ0v) is 11.2. The molecule has 1 aromatic rings. The molecule has 1 aliphatic rings. The summed E-state index contributed by atoms with van der Waals surface area (Å²) in [6.45, 7) is 1.50. The van der Waals surface area contributed by atoms with Gasteiger partial charge in [-0.15, -0.1) is 0 Å². The number of carbonyl (C=O) groups excluding carboxylic acids is 1. The van der Waals surface area contributed by atoms with E-state index in [9.17, 15) is 9.90 Å². The second-order valence-electron chi connectivity index (χ2n) is 5.07. The fraction of sp³-hybridized carbons (Fsp3) is 0.643. The fourth-order valence-electron chi connectivity index (χ4n) is 2.51. The predicted octanol–water partition coefficient (Wildman–Crippen LogP) is 1.71. The van der Waals surface area contributed by atoms with E-state index in [1.807, 2.05) is 0 Å². The van der Waals surface area contributed by atoms with Crippen molar-refractivity contribution in [3.05, 3.63) is 23.7 Å². The van der Waals surface area contributed by atoms with Crippen molar-refractivity contribution in [2.75, 3.05) is 13.7 Å². The molecule has 1 heterocycles. The van der Waals surface area contributed by atoms with Crippen LogP contribution in [0, 0.1) is 5.92 Å². The van der Waals surface area contributed by atoms with E-state index in [0.29, 0.717) is 12.5 Å². The van der Waals surface area contributed by atoms with Gasteiger partial charge in [-0.2, -0.15) is 0 Å². The summed E-state index contributed by atoms with van der Waals surface area (Å²) < 4.78 is 9.78. The first kappa shape index (κ1) is 14.1. The van der Waals surface area contributed by atoms with E-state index < -0.39 is 5.97 Å². The summed E-state index contributed by atoms with van der Waals surface area (Å²) in [7, 11) is 1.34. The molecule has 5 nitrogen and oxygen atoms in total. The van der Waals surface area contributed by atoms with Gasteiger partial charge in [0.05, 0.1) is 19.5 Å². The molecule has 5 heteroatoms. The number of furan rings is 1. The molecule has 0 bridgehead atoms. The first-order valence-corrected chi connectivity index (χ1v) is 6.74. The van der Waals surface area contributed by atoms with Gasteiger partial charge in [0, 0.05) is 12.1 Å². The minimum absolute atomic E-state index is 0.115. The van der Waals surface area contributed by atoms with E-state index >= 15 is 0 Å². The number of esters is 1. The number of ether oxygens (including phenoxy) is 1. The van der Waals surface area contributed by atoms with Gasteiger partial charge in [-0.3, -0.25) is 0 Å². The van der Waals surface area contributed by atoms with E-state index in [4.69, 9.17) is 4.42 Å². The largest absolute Gasteiger partial charge is 0.463 e. The highest BCUT2D eigenvalue weighted by Gasteiger charge is 2.20. The van der Waals surface area contributed by atoms with Gasteiger partial charge >= 0.3 is 5.97 Å². The van der Waals surface area contributed by atoms with E-state index in [-0.39, 0.29) is 11.9 Å². The van der Waals surface area contributed by atoms with Gasteiger partial charge in [-0.1, -0.05) is 0 Å². The average Bonchev–Trinajstić information content (AvgIpc) is 2.88. The average molecular weight is 267 g/mol. The summed E-state index contributed by atoms with van der Waals surface area (Å²) in [6, 6.07) is 1.78. The molecular weight excluding hydrogens is 246 g/mol. The molecule has 0 radical (unpaired) electrons. The Labute approximate surface area is 112 Å². The lowest BCUT2D eigenvalue weighted by molar-refractivity contribution is 0.0563. The maximum Gasteiger partial charge on any atom is 0.374 e. The molecule has 0 saturated heterocycles.